The third kappa shape index (κ3) is 4.84. The van der Waals surface area contributed by atoms with Gasteiger partial charge in [-0.3, -0.25) is 4.79 Å². The van der Waals surface area contributed by atoms with Crippen molar-refractivity contribution in [1.29, 1.82) is 0 Å². The number of amides is 2. The lowest BCUT2D eigenvalue weighted by atomic mass is 10.4. The van der Waals surface area contributed by atoms with Crippen LogP contribution in [0.5, 0.6) is 0 Å². The minimum atomic E-state index is -3.82. The van der Waals surface area contributed by atoms with Gasteiger partial charge >= 0.3 is 16.3 Å². The molecule has 1 fully saturated rings. The van der Waals surface area contributed by atoms with Gasteiger partial charge in [0.25, 0.3) is 0 Å². The first kappa shape index (κ1) is 17.1. The van der Waals surface area contributed by atoms with Gasteiger partial charge in [0, 0.05) is 26.2 Å². The molecule has 0 radical (unpaired) electrons. The molecule has 0 saturated carbocycles. The Bertz CT molecular complexity index is 446. The van der Waals surface area contributed by atoms with Crippen LogP contribution in [0, 0.1) is 0 Å². The molecule has 20 heavy (non-hydrogen) atoms. The Labute approximate surface area is 123 Å². The highest BCUT2D eigenvalue weighted by atomic mass is 32.2. The fourth-order valence-electron chi connectivity index (χ4n) is 1.69. The van der Waals surface area contributed by atoms with Gasteiger partial charge in [0.05, 0.1) is 12.4 Å². The van der Waals surface area contributed by atoms with E-state index in [4.69, 9.17) is 4.74 Å². The van der Waals surface area contributed by atoms with Gasteiger partial charge in [0.15, 0.2) is 0 Å². The maximum Gasteiger partial charge on any atom is 0.409 e. The molecule has 1 aliphatic heterocycles. The smallest absolute Gasteiger partial charge is 0.409 e. The van der Waals surface area contributed by atoms with Crippen molar-refractivity contribution in [1.82, 2.24) is 13.9 Å². The maximum atomic E-state index is 11.9. The second-order valence-corrected chi connectivity index (χ2v) is 6.58. The number of thioether (sulfide) groups is 1. The van der Waals surface area contributed by atoms with Gasteiger partial charge < -0.3 is 9.64 Å². The lowest BCUT2D eigenvalue weighted by Gasteiger charge is -2.33. The van der Waals surface area contributed by atoms with Crippen LogP contribution in [0.2, 0.25) is 0 Å². The molecule has 0 aromatic heterocycles. The number of nitrogens with one attached hydrogen (secondary N) is 1. The summed E-state index contributed by atoms with van der Waals surface area (Å²) in [6.45, 7) is 2.76. The van der Waals surface area contributed by atoms with Gasteiger partial charge in [0.1, 0.15) is 0 Å². The fraction of sp³-hybridized carbons (Fsp3) is 0.800. The average molecular weight is 325 g/mol. The van der Waals surface area contributed by atoms with Crippen molar-refractivity contribution in [3.63, 3.8) is 0 Å². The zero-order valence-electron chi connectivity index (χ0n) is 11.5. The molecule has 1 aliphatic rings. The van der Waals surface area contributed by atoms with Gasteiger partial charge in [0.2, 0.25) is 5.91 Å². The summed E-state index contributed by atoms with van der Waals surface area (Å²) in [6.07, 6.45) is 1.26. The van der Waals surface area contributed by atoms with E-state index >= 15 is 0 Å². The van der Waals surface area contributed by atoms with Gasteiger partial charge in [-0.1, -0.05) is 0 Å². The van der Waals surface area contributed by atoms with Crippen molar-refractivity contribution in [2.45, 2.75) is 6.92 Å². The van der Waals surface area contributed by atoms with Crippen LogP contribution in [0.3, 0.4) is 0 Å². The van der Waals surface area contributed by atoms with E-state index in [1.807, 2.05) is 4.72 Å². The van der Waals surface area contributed by atoms with Crippen LogP contribution in [-0.4, -0.2) is 74.4 Å². The number of rotatable bonds is 5. The molecular weight excluding hydrogens is 306 g/mol. The Morgan fingerprint density at radius 1 is 1.25 bits per heavy atom. The van der Waals surface area contributed by atoms with E-state index in [0.29, 0.717) is 0 Å². The Morgan fingerprint density at radius 3 is 2.35 bits per heavy atom. The molecule has 1 heterocycles. The van der Waals surface area contributed by atoms with Crippen molar-refractivity contribution in [2.24, 2.45) is 0 Å². The molecule has 1 N–H and O–H groups in total. The molecule has 0 bridgehead atoms. The second kappa shape index (κ2) is 7.70. The fourth-order valence-corrected chi connectivity index (χ4v) is 3.25. The lowest BCUT2D eigenvalue weighted by molar-refractivity contribution is -0.116. The summed E-state index contributed by atoms with van der Waals surface area (Å²) in [6, 6.07) is 0. The van der Waals surface area contributed by atoms with Crippen LogP contribution in [-0.2, 0) is 19.7 Å². The molecule has 2 amide bonds. The minimum Gasteiger partial charge on any atom is -0.450 e. The molecule has 0 aromatic rings. The van der Waals surface area contributed by atoms with E-state index in [2.05, 4.69) is 0 Å². The van der Waals surface area contributed by atoms with E-state index in [9.17, 15) is 18.0 Å². The SMILES string of the molecule is CCOC(=O)N1CCN(S(=O)(=O)NC(=O)CSC)CC1. The monoisotopic (exact) mass is 325 g/mol. The minimum absolute atomic E-state index is 0.0853. The molecule has 1 saturated heterocycles. The normalized spacial score (nSPS) is 16.8. The number of carbonyl (C=O) groups excluding carboxylic acids is 2. The number of hydrogen-bond acceptors (Lipinski definition) is 6. The highest BCUT2D eigenvalue weighted by Gasteiger charge is 2.30. The van der Waals surface area contributed by atoms with Crippen molar-refractivity contribution >= 4 is 34.0 Å². The van der Waals surface area contributed by atoms with E-state index in [1.54, 1.807) is 13.2 Å². The van der Waals surface area contributed by atoms with E-state index in [-0.39, 0.29) is 38.5 Å². The van der Waals surface area contributed by atoms with Gasteiger partial charge in [-0.15, -0.1) is 0 Å². The first-order valence-corrected chi connectivity index (χ1v) is 8.95. The van der Waals surface area contributed by atoms with E-state index in [1.165, 1.54) is 16.7 Å². The summed E-state index contributed by atoms with van der Waals surface area (Å²) in [5.41, 5.74) is 0. The highest BCUT2D eigenvalue weighted by molar-refractivity contribution is 7.99. The standard InChI is InChI=1S/C10H19N3O5S2/c1-3-18-10(15)12-4-6-13(7-5-12)20(16,17)11-9(14)8-19-2/h3-8H2,1-2H3,(H,11,14). The molecule has 0 atom stereocenters. The number of ether oxygens (including phenoxy) is 1. The van der Waals surface area contributed by atoms with Gasteiger partial charge in [-0.05, 0) is 13.2 Å². The van der Waals surface area contributed by atoms with Crippen LogP contribution >= 0.6 is 11.8 Å². The maximum absolute atomic E-state index is 11.9. The summed E-state index contributed by atoms with van der Waals surface area (Å²) >= 11 is 1.24. The van der Waals surface area contributed by atoms with Crippen LogP contribution in [0.25, 0.3) is 0 Å². The Morgan fingerprint density at radius 2 is 1.85 bits per heavy atom. The van der Waals surface area contributed by atoms with E-state index < -0.39 is 22.2 Å². The number of carbonyl (C=O) groups is 2. The highest BCUT2D eigenvalue weighted by Crippen LogP contribution is 2.07. The molecule has 1 rings (SSSR count). The zero-order chi connectivity index (χ0) is 15.2. The topological polar surface area (TPSA) is 96.0 Å². The van der Waals surface area contributed by atoms with Crippen molar-refractivity contribution < 1.29 is 22.7 Å². The Kier molecular flexibility index (Phi) is 6.56. The van der Waals surface area contributed by atoms with Crippen LogP contribution < -0.4 is 4.72 Å². The predicted molar refractivity (Wildman–Crippen MR) is 75.6 cm³/mol. The summed E-state index contributed by atoms with van der Waals surface area (Å²) in [5.74, 6) is -0.465. The summed E-state index contributed by atoms with van der Waals surface area (Å²) < 4.78 is 31.8. The number of hydrogen-bond donors (Lipinski definition) is 1. The lowest BCUT2D eigenvalue weighted by Crippen LogP contribution is -2.54. The van der Waals surface area contributed by atoms with Crippen molar-refractivity contribution in [3.8, 4) is 0 Å². The number of piperazine rings is 1. The molecular formula is C10H19N3O5S2. The van der Waals surface area contributed by atoms with E-state index in [0.717, 1.165) is 4.31 Å². The molecule has 10 heteroatoms. The van der Waals surface area contributed by atoms with Crippen molar-refractivity contribution in [3.05, 3.63) is 0 Å². The van der Waals surface area contributed by atoms with Crippen molar-refractivity contribution in [2.75, 3.05) is 44.8 Å². The average Bonchev–Trinajstić information content (AvgIpc) is 2.39. The molecule has 0 spiro atoms. The predicted octanol–water partition coefficient (Wildman–Crippen LogP) is -0.515. The Hall–Kier alpha value is -1.000. The second-order valence-electron chi connectivity index (χ2n) is 4.05. The zero-order valence-corrected chi connectivity index (χ0v) is 13.1. The molecule has 0 unspecified atom stereocenters. The first-order valence-electron chi connectivity index (χ1n) is 6.12. The van der Waals surface area contributed by atoms with Crippen LogP contribution in [0.1, 0.15) is 6.92 Å². The van der Waals surface area contributed by atoms with Crippen LogP contribution in [0.4, 0.5) is 4.79 Å². The third-order valence-electron chi connectivity index (χ3n) is 2.62. The quantitative estimate of drug-likeness (QED) is 0.731. The number of nitrogens with zero attached hydrogens (tertiary/aromatic N) is 2. The molecule has 0 aromatic carbocycles. The van der Waals surface area contributed by atoms with Gasteiger partial charge in [-0.25, -0.2) is 9.52 Å². The molecule has 116 valence electrons. The summed E-state index contributed by atoms with van der Waals surface area (Å²) in [5, 5.41) is 0. The first-order chi connectivity index (χ1) is 9.40. The summed E-state index contributed by atoms with van der Waals surface area (Å²) in [4.78, 5) is 24.3. The Balaban J connectivity index is 2.51. The molecule has 0 aliphatic carbocycles. The van der Waals surface area contributed by atoms with Crippen LogP contribution in [0.15, 0.2) is 0 Å². The summed E-state index contributed by atoms with van der Waals surface area (Å²) in [7, 11) is -3.82. The largest absolute Gasteiger partial charge is 0.450 e. The third-order valence-corrected chi connectivity index (χ3v) is 4.70. The molecule has 8 nitrogen and oxygen atoms in total. The van der Waals surface area contributed by atoms with Gasteiger partial charge in [-0.2, -0.15) is 24.5 Å².